The third-order valence-corrected chi connectivity index (χ3v) is 3.17. The number of para-hydroxylation sites is 2. The standard InChI is InChI=1S/C19H23NO3/c1-19(2,3)20-18(21)15-11-9-14(10-12-15)13-23-17-8-6-5-7-16(17)22-4/h5-12H,13H2,1-4H3,(H,20,21). The van der Waals surface area contributed by atoms with Gasteiger partial charge < -0.3 is 14.8 Å². The Morgan fingerprint density at radius 1 is 1.00 bits per heavy atom. The van der Waals surface area contributed by atoms with E-state index >= 15 is 0 Å². The second-order valence-corrected chi connectivity index (χ2v) is 6.34. The van der Waals surface area contributed by atoms with Gasteiger partial charge in [-0.15, -0.1) is 0 Å². The monoisotopic (exact) mass is 313 g/mol. The van der Waals surface area contributed by atoms with Gasteiger partial charge in [-0.05, 0) is 50.6 Å². The van der Waals surface area contributed by atoms with Gasteiger partial charge in [0.25, 0.3) is 5.91 Å². The van der Waals surface area contributed by atoms with E-state index in [1.165, 1.54) is 0 Å². The van der Waals surface area contributed by atoms with E-state index < -0.39 is 0 Å². The highest BCUT2D eigenvalue weighted by molar-refractivity contribution is 5.94. The molecule has 23 heavy (non-hydrogen) atoms. The van der Waals surface area contributed by atoms with Crippen LogP contribution in [0.15, 0.2) is 48.5 Å². The lowest BCUT2D eigenvalue weighted by Gasteiger charge is -2.20. The fourth-order valence-corrected chi connectivity index (χ4v) is 2.06. The second-order valence-electron chi connectivity index (χ2n) is 6.34. The summed E-state index contributed by atoms with van der Waals surface area (Å²) in [6.07, 6.45) is 0. The third-order valence-electron chi connectivity index (χ3n) is 3.17. The molecule has 0 heterocycles. The SMILES string of the molecule is COc1ccccc1OCc1ccc(C(=O)NC(C)(C)C)cc1. The smallest absolute Gasteiger partial charge is 0.251 e. The van der Waals surface area contributed by atoms with Crippen molar-refractivity contribution in [3.63, 3.8) is 0 Å². The summed E-state index contributed by atoms with van der Waals surface area (Å²) in [7, 11) is 1.62. The second kappa shape index (κ2) is 7.18. The summed E-state index contributed by atoms with van der Waals surface area (Å²) in [4.78, 5) is 12.1. The van der Waals surface area contributed by atoms with E-state index in [0.29, 0.717) is 23.7 Å². The zero-order chi connectivity index (χ0) is 16.9. The van der Waals surface area contributed by atoms with Crippen molar-refractivity contribution in [1.29, 1.82) is 0 Å². The predicted molar refractivity (Wildman–Crippen MR) is 91.0 cm³/mol. The Balaban J connectivity index is 1.99. The van der Waals surface area contributed by atoms with Crippen LogP contribution in [0.3, 0.4) is 0 Å². The van der Waals surface area contributed by atoms with Gasteiger partial charge in [-0.25, -0.2) is 0 Å². The van der Waals surface area contributed by atoms with Crippen molar-refractivity contribution in [2.24, 2.45) is 0 Å². The Kier molecular flexibility index (Phi) is 5.27. The van der Waals surface area contributed by atoms with Gasteiger partial charge >= 0.3 is 0 Å². The highest BCUT2D eigenvalue weighted by Gasteiger charge is 2.15. The molecular weight excluding hydrogens is 290 g/mol. The lowest BCUT2D eigenvalue weighted by molar-refractivity contribution is 0.0919. The highest BCUT2D eigenvalue weighted by atomic mass is 16.5. The Bertz CT molecular complexity index is 657. The Morgan fingerprint density at radius 3 is 2.17 bits per heavy atom. The van der Waals surface area contributed by atoms with E-state index in [1.54, 1.807) is 7.11 Å². The van der Waals surface area contributed by atoms with E-state index in [1.807, 2.05) is 69.3 Å². The lowest BCUT2D eigenvalue weighted by atomic mass is 10.1. The quantitative estimate of drug-likeness (QED) is 0.913. The molecule has 0 saturated heterocycles. The Labute approximate surface area is 137 Å². The molecule has 0 saturated carbocycles. The summed E-state index contributed by atoms with van der Waals surface area (Å²) < 4.78 is 11.0. The first kappa shape index (κ1) is 16.9. The Morgan fingerprint density at radius 2 is 1.61 bits per heavy atom. The molecule has 122 valence electrons. The minimum Gasteiger partial charge on any atom is -0.493 e. The fraction of sp³-hybridized carbons (Fsp3) is 0.316. The molecule has 0 unspecified atom stereocenters. The minimum atomic E-state index is -0.247. The largest absolute Gasteiger partial charge is 0.493 e. The maximum Gasteiger partial charge on any atom is 0.251 e. The van der Waals surface area contributed by atoms with Gasteiger partial charge in [0.2, 0.25) is 0 Å². The molecule has 2 aromatic rings. The molecule has 1 N–H and O–H groups in total. The average molecular weight is 313 g/mol. The van der Waals surface area contributed by atoms with Gasteiger partial charge in [0.05, 0.1) is 7.11 Å². The summed E-state index contributed by atoms with van der Waals surface area (Å²) in [5, 5.41) is 2.94. The van der Waals surface area contributed by atoms with Gasteiger partial charge in [0, 0.05) is 11.1 Å². The molecule has 2 aromatic carbocycles. The van der Waals surface area contributed by atoms with Crippen LogP contribution in [0, 0.1) is 0 Å². The molecule has 0 fully saturated rings. The topological polar surface area (TPSA) is 47.6 Å². The molecular formula is C19H23NO3. The Hall–Kier alpha value is -2.49. The molecule has 0 bridgehead atoms. The summed E-state index contributed by atoms with van der Waals surface area (Å²) in [6, 6.07) is 14.9. The van der Waals surface area contributed by atoms with E-state index in [4.69, 9.17) is 9.47 Å². The van der Waals surface area contributed by atoms with Gasteiger partial charge in [-0.3, -0.25) is 4.79 Å². The number of hydrogen-bond acceptors (Lipinski definition) is 3. The molecule has 0 spiro atoms. The number of amides is 1. The maximum atomic E-state index is 12.1. The average Bonchev–Trinajstić information content (AvgIpc) is 2.52. The van der Waals surface area contributed by atoms with Crippen LogP contribution in [0.4, 0.5) is 0 Å². The van der Waals surface area contributed by atoms with Crippen LogP contribution < -0.4 is 14.8 Å². The number of methoxy groups -OCH3 is 1. The van der Waals surface area contributed by atoms with E-state index in [9.17, 15) is 4.79 Å². The molecule has 0 aliphatic rings. The number of carbonyl (C=O) groups is 1. The normalized spacial score (nSPS) is 11.0. The highest BCUT2D eigenvalue weighted by Crippen LogP contribution is 2.26. The number of nitrogens with one attached hydrogen (secondary N) is 1. The predicted octanol–water partition coefficient (Wildman–Crippen LogP) is 3.80. The van der Waals surface area contributed by atoms with Crippen molar-refractivity contribution in [3.8, 4) is 11.5 Å². The van der Waals surface area contributed by atoms with Crippen molar-refractivity contribution in [1.82, 2.24) is 5.32 Å². The van der Waals surface area contributed by atoms with Crippen LogP contribution in [-0.2, 0) is 6.61 Å². The molecule has 0 radical (unpaired) electrons. The third kappa shape index (κ3) is 5.02. The molecule has 2 rings (SSSR count). The molecule has 0 aromatic heterocycles. The molecule has 0 atom stereocenters. The van der Waals surface area contributed by atoms with Crippen LogP contribution in [0.25, 0.3) is 0 Å². The number of carbonyl (C=O) groups excluding carboxylic acids is 1. The van der Waals surface area contributed by atoms with Crippen molar-refractivity contribution < 1.29 is 14.3 Å². The lowest BCUT2D eigenvalue weighted by Crippen LogP contribution is -2.40. The summed E-state index contributed by atoms with van der Waals surface area (Å²) in [5.74, 6) is 1.33. The van der Waals surface area contributed by atoms with Crippen molar-refractivity contribution in [2.75, 3.05) is 7.11 Å². The zero-order valence-corrected chi connectivity index (χ0v) is 14.1. The number of benzene rings is 2. The zero-order valence-electron chi connectivity index (χ0n) is 14.1. The molecule has 0 aliphatic carbocycles. The fourth-order valence-electron chi connectivity index (χ4n) is 2.06. The number of rotatable bonds is 5. The van der Waals surface area contributed by atoms with Crippen LogP contribution in [0.1, 0.15) is 36.7 Å². The number of hydrogen-bond donors (Lipinski definition) is 1. The van der Waals surface area contributed by atoms with E-state index in [-0.39, 0.29) is 11.4 Å². The molecule has 4 heteroatoms. The van der Waals surface area contributed by atoms with Crippen molar-refractivity contribution in [3.05, 3.63) is 59.7 Å². The van der Waals surface area contributed by atoms with Gasteiger partial charge in [0.15, 0.2) is 11.5 Å². The van der Waals surface area contributed by atoms with E-state index in [2.05, 4.69) is 5.32 Å². The first-order chi connectivity index (χ1) is 10.9. The van der Waals surface area contributed by atoms with Gasteiger partial charge in [0.1, 0.15) is 6.61 Å². The van der Waals surface area contributed by atoms with Crippen LogP contribution >= 0.6 is 0 Å². The van der Waals surface area contributed by atoms with Crippen molar-refractivity contribution in [2.45, 2.75) is 32.9 Å². The summed E-state index contributed by atoms with van der Waals surface area (Å²) in [6.45, 7) is 6.29. The number of ether oxygens (including phenoxy) is 2. The van der Waals surface area contributed by atoms with Crippen LogP contribution in [0.2, 0.25) is 0 Å². The minimum absolute atomic E-state index is 0.0744. The van der Waals surface area contributed by atoms with Crippen LogP contribution in [0.5, 0.6) is 11.5 Å². The summed E-state index contributed by atoms with van der Waals surface area (Å²) >= 11 is 0. The van der Waals surface area contributed by atoms with Crippen molar-refractivity contribution >= 4 is 5.91 Å². The van der Waals surface area contributed by atoms with Crippen LogP contribution in [-0.4, -0.2) is 18.6 Å². The first-order valence-electron chi connectivity index (χ1n) is 7.56. The maximum absolute atomic E-state index is 12.1. The molecule has 4 nitrogen and oxygen atoms in total. The summed E-state index contributed by atoms with van der Waals surface area (Å²) in [5.41, 5.74) is 1.38. The van der Waals surface area contributed by atoms with E-state index in [0.717, 1.165) is 5.56 Å². The molecule has 0 aliphatic heterocycles. The molecule has 1 amide bonds. The van der Waals surface area contributed by atoms with Gasteiger partial charge in [-0.2, -0.15) is 0 Å². The first-order valence-corrected chi connectivity index (χ1v) is 7.56. The van der Waals surface area contributed by atoms with Gasteiger partial charge in [-0.1, -0.05) is 24.3 Å².